The van der Waals surface area contributed by atoms with Gasteiger partial charge >= 0.3 is 0 Å². The zero-order valence-corrected chi connectivity index (χ0v) is 14.1. The Labute approximate surface area is 137 Å². The minimum atomic E-state index is -0.146. The number of aliphatic hydroxyl groups is 1. The first-order valence-electron chi connectivity index (χ1n) is 8.25. The smallest absolute Gasteiger partial charge is 0.232 e. The van der Waals surface area contributed by atoms with Crippen LogP contribution in [0.15, 0.2) is 28.8 Å². The van der Waals surface area contributed by atoms with E-state index in [-0.39, 0.29) is 12.0 Å². The van der Waals surface area contributed by atoms with Gasteiger partial charge in [0, 0.05) is 18.0 Å². The Balaban J connectivity index is 1.79. The number of hydrogen-bond acceptors (Lipinski definition) is 5. The van der Waals surface area contributed by atoms with Gasteiger partial charge in [0.15, 0.2) is 5.82 Å². The van der Waals surface area contributed by atoms with Crippen LogP contribution in [0.3, 0.4) is 0 Å². The number of rotatable bonds is 5. The third kappa shape index (κ3) is 3.46. The van der Waals surface area contributed by atoms with Crippen molar-refractivity contribution in [3.05, 3.63) is 47.1 Å². The molecule has 0 bridgehead atoms. The summed E-state index contributed by atoms with van der Waals surface area (Å²) in [6.45, 7) is 7.51. The molecule has 0 radical (unpaired) electrons. The molecule has 5 heteroatoms. The summed E-state index contributed by atoms with van der Waals surface area (Å²) in [5.74, 6) is 1.34. The molecule has 2 aromatic rings. The van der Waals surface area contributed by atoms with E-state index in [0.717, 1.165) is 12.8 Å². The molecule has 0 saturated carbocycles. The minimum Gasteiger partial charge on any atom is -0.395 e. The van der Waals surface area contributed by atoms with Crippen LogP contribution in [0.4, 0.5) is 0 Å². The third-order valence-electron chi connectivity index (χ3n) is 4.38. The fourth-order valence-corrected chi connectivity index (χ4v) is 3.19. The van der Waals surface area contributed by atoms with Crippen molar-refractivity contribution in [1.82, 2.24) is 15.0 Å². The first-order chi connectivity index (χ1) is 11.0. The highest BCUT2D eigenvalue weighted by Gasteiger charge is 2.29. The van der Waals surface area contributed by atoms with Gasteiger partial charge in [0.05, 0.1) is 13.2 Å². The Kier molecular flexibility index (Phi) is 4.50. The van der Waals surface area contributed by atoms with Crippen molar-refractivity contribution >= 4 is 0 Å². The maximum atomic E-state index is 9.45. The van der Waals surface area contributed by atoms with Crippen LogP contribution in [0.25, 0.3) is 0 Å². The van der Waals surface area contributed by atoms with Gasteiger partial charge in [-0.3, -0.25) is 4.90 Å². The van der Waals surface area contributed by atoms with Gasteiger partial charge in [-0.2, -0.15) is 4.98 Å². The van der Waals surface area contributed by atoms with Crippen LogP contribution in [0, 0.1) is 0 Å². The first kappa shape index (κ1) is 16.1. The number of aryl methyl sites for hydroxylation is 1. The third-order valence-corrected chi connectivity index (χ3v) is 4.38. The second-order valence-electron chi connectivity index (χ2n) is 7.21. The average molecular weight is 315 g/mol. The highest BCUT2D eigenvalue weighted by molar-refractivity contribution is 5.34. The summed E-state index contributed by atoms with van der Waals surface area (Å²) in [5, 5.41) is 13.6. The van der Waals surface area contributed by atoms with E-state index in [0.29, 0.717) is 30.8 Å². The van der Waals surface area contributed by atoms with Gasteiger partial charge in [0.25, 0.3) is 0 Å². The SMILES string of the molecule is CC(C)(C)c1nc(CN(CCO)C2CCc3ccccc32)no1. The maximum absolute atomic E-state index is 9.45. The van der Waals surface area contributed by atoms with Crippen LogP contribution in [-0.2, 0) is 18.4 Å². The van der Waals surface area contributed by atoms with Gasteiger partial charge in [-0.05, 0) is 24.0 Å². The van der Waals surface area contributed by atoms with Crippen molar-refractivity contribution < 1.29 is 9.63 Å². The molecule has 1 unspecified atom stereocenters. The number of benzene rings is 1. The fourth-order valence-electron chi connectivity index (χ4n) is 3.19. The molecule has 1 aliphatic rings. The van der Waals surface area contributed by atoms with Crippen LogP contribution in [0.5, 0.6) is 0 Å². The predicted octanol–water partition coefficient (Wildman–Crippen LogP) is 2.85. The van der Waals surface area contributed by atoms with Crippen LogP contribution in [-0.4, -0.2) is 33.3 Å². The number of aliphatic hydroxyl groups excluding tert-OH is 1. The van der Waals surface area contributed by atoms with Crippen molar-refractivity contribution in [3.8, 4) is 0 Å². The van der Waals surface area contributed by atoms with Gasteiger partial charge in [-0.1, -0.05) is 50.2 Å². The van der Waals surface area contributed by atoms with Crippen LogP contribution < -0.4 is 0 Å². The fraction of sp³-hybridized carbons (Fsp3) is 0.556. The van der Waals surface area contributed by atoms with E-state index in [4.69, 9.17) is 4.52 Å². The molecule has 0 fully saturated rings. The van der Waals surface area contributed by atoms with Crippen molar-refractivity contribution in [2.75, 3.05) is 13.2 Å². The lowest BCUT2D eigenvalue weighted by Gasteiger charge is -2.27. The molecule has 1 aliphatic carbocycles. The summed E-state index contributed by atoms with van der Waals surface area (Å²) in [5.41, 5.74) is 2.62. The maximum Gasteiger partial charge on any atom is 0.232 e. The normalized spacial score (nSPS) is 17.7. The molecule has 0 aliphatic heterocycles. The first-order valence-corrected chi connectivity index (χ1v) is 8.25. The van der Waals surface area contributed by atoms with E-state index < -0.39 is 0 Å². The van der Waals surface area contributed by atoms with E-state index in [1.807, 2.05) is 0 Å². The van der Waals surface area contributed by atoms with Crippen molar-refractivity contribution in [3.63, 3.8) is 0 Å². The van der Waals surface area contributed by atoms with Crippen molar-refractivity contribution in [1.29, 1.82) is 0 Å². The monoisotopic (exact) mass is 315 g/mol. The highest BCUT2D eigenvalue weighted by atomic mass is 16.5. The quantitative estimate of drug-likeness (QED) is 0.919. The molecule has 3 rings (SSSR count). The second-order valence-corrected chi connectivity index (χ2v) is 7.21. The summed E-state index contributed by atoms with van der Waals surface area (Å²) in [7, 11) is 0. The summed E-state index contributed by atoms with van der Waals surface area (Å²) >= 11 is 0. The van der Waals surface area contributed by atoms with Gasteiger partial charge in [0.2, 0.25) is 5.89 Å². The van der Waals surface area contributed by atoms with E-state index in [2.05, 4.69) is 60.1 Å². The standard InChI is InChI=1S/C18H25N3O2/c1-18(2,3)17-19-16(20-23-17)12-21(10-11-22)15-9-8-13-6-4-5-7-14(13)15/h4-7,15,22H,8-12H2,1-3H3. The lowest BCUT2D eigenvalue weighted by molar-refractivity contribution is 0.138. The number of aromatic nitrogens is 2. The molecule has 1 N–H and O–H groups in total. The molecule has 1 atom stereocenters. The summed E-state index contributed by atoms with van der Waals surface area (Å²) in [6.07, 6.45) is 2.16. The molecule has 124 valence electrons. The molecule has 0 saturated heterocycles. The van der Waals surface area contributed by atoms with E-state index in [1.54, 1.807) is 0 Å². The highest BCUT2D eigenvalue weighted by Crippen LogP contribution is 2.36. The molecule has 1 heterocycles. The predicted molar refractivity (Wildman–Crippen MR) is 88.0 cm³/mol. The Bertz CT molecular complexity index is 660. The van der Waals surface area contributed by atoms with Crippen molar-refractivity contribution in [2.24, 2.45) is 0 Å². The van der Waals surface area contributed by atoms with Crippen molar-refractivity contribution in [2.45, 2.75) is 51.6 Å². The number of fused-ring (bicyclic) bond motifs is 1. The van der Waals surface area contributed by atoms with Gasteiger partial charge in [-0.25, -0.2) is 0 Å². The second kappa shape index (κ2) is 6.42. The van der Waals surface area contributed by atoms with Crippen LogP contribution in [0.2, 0.25) is 0 Å². The van der Waals surface area contributed by atoms with E-state index in [9.17, 15) is 5.11 Å². The topological polar surface area (TPSA) is 62.4 Å². The molecule has 5 nitrogen and oxygen atoms in total. The minimum absolute atomic E-state index is 0.128. The Morgan fingerprint density at radius 3 is 2.78 bits per heavy atom. The number of nitrogens with zero attached hydrogens (tertiary/aromatic N) is 3. The Hall–Kier alpha value is -1.72. The van der Waals surface area contributed by atoms with Gasteiger partial charge in [0.1, 0.15) is 0 Å². The van der Waals surface area contributed by atoms with Crippen LogP contribution >= 0.6 is 0 Å². The van der Waals surface area contributed by atoms with E-state index >= 15 is 0 Å². The van der Waals surface area contributed by atoms with Crippen LogP contribution in [0.1, 0.15) is 56.1 Å². The van der Waals surface area contributed by atoms with Gasteiger partial charge < -0.3 is 9.63 Å². The van der Waals surface area contributed by atoms with E-state index in [1.165, 1.54) is 11.1 Å². The Morgan fingerprint density at radius 1 is 1.30 bits per heavy atom. The molecule has 0 amide bonds. The molecular formula is C18H25N3O2. The lowest BCUT2D eigenvalue weighted by Crippen LogP contribution is -2.30. The lowest BCUT2D eigenvalue weighted by atomic mass is 9.97. The average Bonchev–Trinajstić information content (AvgIpc) is 3.12. The number of hydrogen-bond donors (Lipinski definition) is 1. The molecule has 0 spiro atoms. The largest absolute Gasteiger partial charge is 0.395 e. The Morgan fingerprint density at radius 2 is 2.09 bits per heavy atom. The zero-order chi connectivity index (χ0) is 16.4. The molecule has 23 heavy (non-hydrogen) atoms. The molecule has 1 aromatic heterocycles. The summed E-state index contributed by atoms with van der Waals surface area (Å²) in [4.78, 5) is 6.78. The summed E-state index contributed by atoms with van der Waals surface area (Å²) < 4.78 is 5.39. The molecular weight excluding hydrogens is 290 g/mol. The molecule has 1 aromatic carbocycles. The summed E-state index contributed by atoms with van der Waals surface area (Å²) in [6, 6.07) is 8.87. The zero-order valence-electron chi connectivity index (χ0n) is 14.1. The van der Waals surface area contributed by atoms with Gasteiger partial charge in [-0.15, -0.1) is 0 Å².